The van der Waals surface area contributed by atoms with Gasteiger partial charge >= 0.3 is 25.3 Å². The first kappa shape index (κ1) is 30.6. The number of aromatic nitrogens is 2. The van der Waals surface area contributed by atoms with E-state index in [1.54, 1.807) is 18.2 Å². The van der Waals surface area contributed by atoms with Gasteiger partial charge in [-0.15, -0.1) is 0 Å². The molecule has 5 atom stereocenters. The van der Waals surface area contributed by atoms with Crippen molar-refractivity contribution in [2.24, 2.45) is 0 Å². The average Bonchev–Trinajstić information content (AvgIpc) is 3.11. The van der Waals surface area contributed by atoms with Gasteiger partial charge in [0, 0.05) is 6.20 Å². The van der Waals surface area contributed by atoms with Crippen LogP contribution in [0.3, 0.4) is 0 Å². The Morgan fingerprint density at radius 3 is 2.67 bits per heavy atom. The van der Waals surface area contributed by atoms with E-state index in [1.807, 2.05) is 6.92 Å². The predicted molar refractivity (Wildman–Crippen MR) is 136 cm³/mol. The first-order valence-corrected chi connectivity index (χ1v) is 14.0. The monoisotopic (exact) mass is 574 g/mol. The molecule has 4 N–H and O–H groups in total. The summed E-state index contributed by atoms with van der Waals surface area (Å²) in [6.07, 6.45) is -1.88. The number of aliphatic hydroxyl groups excluding tert-OH is 1. The fourth-order valence-electron chi connectivity index (χ4n) is 3.71. The molecule has 1 fully saturated rings. The van der Waals surface area contributed by atoms with Crippen LogP contribution < -0.4 is 21.0 Å². The summed E-state index contributed by atoms with van der Waals surface area (Å²) in [7, 11) is -4.41. The number of esters is 1. The van der Waals surface area contributed by atoms with E-state index in [1.165, 1.54) is 19.1 Å². The van der Waals surface area contributed by atoms with E-state index in [4.69, 9.17) is 24.3 Å². The van der Waals surface area contributed by atoms with Gasteiger partial charge in [-0.3, -0.25) is 13.9 Å². The summed E-state index contributed by atoms with van der Waals surface area (Å²) in [5.41, 5.74) is 4.29. The summed E-state index contributed by atoms with van der Waals surface area (Å²) >= 11 is 0. The van der Waals surface area contributed by atoms with Crippen LogP contribution >= 0.6 is 7.75 Å². The minimum Gasteiger partial charge on any atom is -0.465 e. The molecule has 1 aromatic carbocycles. The molecular weight excluding hydrogens is 541 g/mol. The van der Waals surface area contributed by atoms with E-state index in [0.29, 0.717) is 11.0 Å². The van der Waals surface area contributed by atoms with Crippen LogP contribution in [-0.2, 0) is 23.4 Å². The lowest BCUT2D eigenvalue weighted by Crippen LogP contribution is -2.42. The summed E-state index contributed by atoms with van der Waals surface area (Å²) in [5, 5.41) is 12.7. The van der Waals surface area contributed by atoms with Crippen LogP contribution in [0.4, 0.5) is 14.6 Å². The standard InChI is InChI=1S/C24H33F2N4O8P/c1-3-4-5-9-14-35-21(32)16(2)29-39(34,38-17-10-7-6-8-11-17)36-15-18-20(31)24(25,26)22(37-18)30-13-12-19(27)28-23(30)33/h6-8,10-13,16,18,20,22,31H,3-5,9,14-15H2,1-2H3,(H,29,34)(H2,27,28,33)/t16-,18+,20?,22+,39?/m0/s1. The number of hydrogen-bond donors (Lipinski definition) is 3. The Bertz CT molecular complexity index is 1200. The second-order valence-corrected chi connectivity index (χ2v) is 10.7. The Labute approximate surface area is 224 Å². The van der Waals surface area contributed by atoms with Crippen molar-refractivity contribution < 1.29 is 41.8 Å². The normalized spacial score (nSPS) is 22.6. The lowest BCUT2D eigenvalue weighted by molar-refractivity contribution is -0.145. The van der Waals surface area contributed by atoms with E-state index in [0.717, 1.165) is 31.5 Å². The van der Waals surface area contributed by atoms with Crippen LogP contribution in [0, 0.1) is 0 Å². The number of hydrogen-bond acceptors (Lipinski definition) is 10. The SMILES string of the molecule is CCCCCCOC(=O)[C@H](C)NP(=O)(OC[C@H]1O[C@@H](n2ccc(N)nc2=O)C(F)(F)C1O)Oc1ccccc1. The van der Waals surface area contributed by atoms with Gasteiger partial charge in [0.15, 0.2) is 6.10 Å². The van der Waals surface area contributed by atoms with Crippen molar-refractivity contribution >= 4 is 19.5 Å². The van der Waals surface area contributed by atoms with Crippen molar-refractivity contribution in [3.63, 3.8) is 0 Å². The number of nitrogens with one attached hydrogen (secondary N) is 1. The largest absolute Gasteiger partial charge is 0.465 e. The van der Waals surface area contributed by atoms with Gasteiger partial charge in [-0.1, -0.05) is 44.4 Å². The van der Waals surface area contributed by atoms with E-state index in [2.05, 4.69) is 10.1 Å². The zero-order chi connectivity index (χ0) is 28.6. The first-order chi connectivity index (χ1) is 18.5. The van der Waals surface area contributed by atoms with Gasteiger partial charge < -0.3 is 24.8 Å². The fourth-order valence-corrected chi connectivity index (χ4v) is 5.21. The van der Waals surface area contributed by atoms with Gasteiger partial charge in [0.1, 0.15) is 23.7 Å². The van der Waals surface area contributed by atoms with Crippen molar-refractivity contribution in [2.45, 2.75) is 69.9 Å². The Hall–Kier alpha value is -2.90. The molecule has 0 bridgehead atoms. The lowest BCUT2D eigenvalue weighted by Gasteiger charge is -2.24. The van der Waals surface area contributed by atoms with Crippen molar-refractivity contribution in [1.29, 1.82) is 0 Å². The maximum absolute atomic E-state index is 14.9. The molecule has 12 nitrogen and oxygen atoms in total. The van der Waals surface area contributed by atoms with Gasteiger partial charge in [-0.2, -0.15) is 18.9 Å². The Balaban J connectivity index is 1.71. The molecule has 0 amide bonds. The number of aliphatic hydroxyl groups is 1. The van der Waals surface area contributed by atoms with Crippen LogP contribution in [0.25, 0.3) is 0 Å². The van der Waals surface area contributed by atoms with Crippen LogP contribution in [0.15, 0.2) is 47.4 Å². The number of benzene rings is 1. The second kappa shape index (κ2) is 13.4. The molecule has 1 saturated heterocycles. The molecule has 0 radical (unpaired) electrons. The van der Waals surface area contributed by atoms with Crippen molar-refractivity contribution in [1.82, 2.24) is 14.6 Å². The Kier molecular flexibility index (Phi) is 10.6. The highest BCUT2D eigenvalue weighted by Crippen LogP contribution is 2.48. The molecule has 2 aromatic rings. The summed E-state index contributed by atoms with van der Waals surface area (Å²) in [4.78, 5) is 27.9. The molecule has 2 heterocycles. The Morgan fingerprint density at radius 2 is 2.00 bits per heavy atom. The number of anilines is 1. The molecule has 216 valence electrons. The maximum Gasteiger partial charge on any atom is 0.459 e. The molecule has 15 heteroatoms. The third kappa shape index (κ3) is 8.05. The first-order valence-electron chi connectivity index (χ1n) is 12.5. The minimum absolute atomic E-state index is 0.101. The maximum atomic E-state index is 14.9. The quantitative estimate of drug-likeness (QED) is 0.173. The van der Waals surface area contributed by atoms with Crippen molar-refractivity contribution in [3.05, 3.63) is 53.1 Å². The number of carbonyl (C=O) groups excluding carboxylic acids is 1. The summed E-state index contributed by atoms with van der Waals surface area (Å²) in [5.74, 6) is -4.74. The molecule has 2 unspecified atom stereocenters. The molecular formula is C24H33F2N4O8P. The third-order valence-electron chi connectivity index (χ3n) is 5.81. The highest BCUT2D eigenvalue weighted by atomic mass is 31.2. The number of nitrogens with zero attached hydrogens (tertiary/aromatic N) is 2. The molecule has 0 spiro atoms. The van der Waals surface area contributed by atoms with Crippen LogP contribution in [-0.4, -0.2) is 58.0 Å². The topological polar surface area (TPSA) is 164 Å². The zero-order valence-corrected chi connectivity index (χ0v) is 22.5. The highest BCUT2D eigenvalue weighted by molar-refractivity contribution is 7.52. The zero-order valence-electron chi connectivity index (χ0n) is 21.6. The van der Waals surface area contributed by atoms with Crippen LogP contribution in [0.5, 0.6) is 5.75 Å². The average molecular weight is 575 g/mol. The van der Waals surface area contributed by atoms with Crippen LogP contribution in [0.2, 0.25) is 0 Å². The number of nitrogen functional groups attached to an aromatic ring is 1. The van der Waals surface area contributed by atoms with Crippen molar-refractivity contribution in [2.75, 3.05) is 18.9 Å². The minimum atomic E-state index is -4.41. The van der Waals surface area contributed by atoms with E-state index >= 15 is 0 Å². The number of halogens is 2. The lowest BCUT2D eigenvalue weighted by atomic mass is 10.1. The van der Waals surface area contributed by atoms with Gasteiger partial charge in [0.25, 0.3) is 0 Å². The van der Waals surface area contributed by atoms with Gasteiger partial charge in [0.2, 0.25) is 6.23 Å². The van der Waals surface area contributed by atoms with E-state index < -0.39 is 56.4 Å². The molecule has 0 saturated carbocycles. The molecule has 39 heavy (non-hydrogen) atoms. The highest BCUT2D eigenvalue weighted by Gasteiger charge is 2.60. The number of nitrogens with two attached hydrogens (primary N) is 1. The van der Waals surface area contributed by atoms with Crippen molar-refractivity contribution in [3.8, 4) is 5.75 Å². The predicted octanol–water partition coefficient (Wildman–Crippen LogP) is 3.02. The number of carbonyl (C=O) groups is 1. The number of ether oxygens (including phenoxy) is 2. The van der Waals surface area contributed by atoms with Crippen LogP contribution in [0.1, 0.15) is 45.8 Å². The summed E-state index contributed by atoms with van der Waals surface area (Å²) in [6, 6.07) is 7.78. The molecule has 1 aliphatic heterocycles. The second-order valence-electron chi connectivity index (χ2n) is 8.97. The molecule has 3 rings (SSSR count). The number of alkyl halides is 2. The third-order valence-corrected chi connectivity index (χ3v) is 7.45. The van der Waals surface area contributed by atoms with Gasteiger partial charge in [0.05, 0.1) is 13.2 Å². The molecule has 0 aliphatic carbocycles. The summed E-state index contributed by atoms with van der Waals surface area (Å²) < 4.78 is 65.1. The fraction of sp³-hybridized carbons (Fsp3) is 0.542. The number of unbranched alkanes of at least 4 members (excludes halogenated alkanes) is 3. The Morgan fingerprint density at radius 1 is 1.28 bits per heavy atom. The van der Waals surface area contributed by atoms with Gasteiger partial charge in [-0.05, 0) is 31.5 Å². The molecule has 1 aromatic heterocycles. The molecule has 1 aliphatic rings. The number of para-hydroxylation sites is 1. The van der Waals surface area contributed by atoms with Gasteiger partial charge in [-0.25, -0.2) is 9.36 Å². The van der Waals surface area contributed by atoms with E-state index in [-0.39, 0.29) is 18.2 Å². The van der Waals surface area contributed by atoms with E-state index in [9.17, 15) is 28.0 Å². The summed E-state index contributed by atoms with van der Waals surface area (Å²) in [6.45, 7) is 2.76. The smallest absolute Gasteiger partial charge is 0.459 e. The number of rotatable bonds is 14.